The van der Waals surface area contributed by atoms with Gasteiger partial charge < -0.3 is 4.74 Å². The Morgan fingerprint density at radius 2 is 2.17 bits per heavy atom. The first kappa shape index (κ1) is 9.10. The van der Waals surface area contributed by atoms with Crippen LogP contribution in [0.1, 0.15) is 19.3 Å². The van der Waals surface area contributed by atoms with Gasteiger partial charge >= 0.3 is 0 Å². The van der Waals surface area contributed by atoms with Gasteiger partial charge in [-0.1, -0.05) is 0 Å². The maximum absolute atomic E-state index is 10.8. The van der Waals surface area contributed by atoms with Crippen molar-refractivity contribution < 1.29 is 14.3 Å². The van der Waals surface area contributed by atoms with Crippen molar-refractivity contribution in [2.75, 3.05) is 13.2 Å². The molecule has 0 bridgehead atoms. The predicted octanol–water partition coefficient (Wildman–Crippen LogP) is 0.665. The fourth-order valence-electron chi connectivity index (χ4n) is 1.29. The normalized spacial score (nSPS) is 18.3. The average Bonchev–Trinajstić information content (AvgIpc) is 2.06. The van der Waals surface area contributed by atoms with E-state index < -0.39 is 0 Å². The summed E-state index contributed by atoms with van der Waals surface area (Å²) >= 11 is 0. The molecule has 0 N–H and O–H groups in total. The van der Waals surface area contributed by atoms with Gasteiger partial charge in [-0.25, -0.2) is 4.79 Å². The van der Waals surface area contributed by atoms with Gasteiger partial charge in [-0.05, 0) is 18.8 Å². The molecule has 0 radical (unpaired) electrons. The van der Waals surface area contributed by atoms with E-state index in [9.17, 15) is 9.59 Å². The van der Waals surface area contributed by atoms with Gasteiger partial charge in [0.2, 0.25) is 6.08 Å². The van der Waals surface area contributed by atoms with E-state index in [1.54, 1.807) is 0 Å². The van der Waals surface area contributed by atoms with Crippen LogP contribution in [0.2, 0.25) is 0 Å². The number of isocyanates is 1. The Morgan fingerprint density at radius 1 is 1.50 bits per heavy atom. The third kappa shape index (κ3) is 2.95. The van der Waals surface area contributed by atoms with E-state index in [2.05, 4.69) is 4.99 Å². The summed E-state index contributed by atoms with van der Waals surface area (Å²) in [6.45, 7) is 1.42. The van der Waals surface area contributed by atoms with Crippen molar-refractivity contribution in [1.29, 1.82) is 0 Å². The SMILES string of the molecule is O=C=NC(=O)CC1CCOCC1. The van der Waals surface area contributed by atoms with E-state index in [-0.39, 0.29) is 5.91 Å². The summed E-state index contributed by atoms with van der Waals surface area (Å²) in [6.07, 6.45) is 3.39. The first-order valence-electron chi connectivity index (χ1n) is 4.01. The number of ether oxygens (including phenoxy) is 1. The number of hydrogen-bond donors (Lipinski definition) is 0. The number of hydrogen-bond acceptors (Lipinski definition) is 3. The van der Waals surface area contributed by atoms with Crippen LogP contribution in [0.15, 0.2) is 4.99 Å². The molecule has 66 valence electrons. The lowest BCUT2D eigenvalue weighted by Gasteiger charge is -2.19. The Bertz CT molecular complexity index is 202. The van der Waals surface area contributed by atoms with Crippen molar-refractivity contribution in [3.63, 3.8) is 0 Å². The predicted molar refractivity (Wildman–Crippen MR) is 41.3 cm³/mol. The highest BCUT2D eigenvalue weighted by Gasteiger charge is 2.16. The molecule has 0 spiro atoms. The highest BCUT2D eigenvalue weighted by molar-refractivity contribution is 5.81. The molecule has 0 aromatic carbocycles. The largest absolute Gasteiger partial charge is 0.381 e. The summed E-state index contributed by atoms with van der Waals surface area (Å²) in [6, 6.07) is 0. The van der Waals surface area contributed by atoms with Gasteiger partial charge in [0.15, 0.2) is 0 Å². The first-order valence-corrected chi connectivity index (χ1v) is 4.01. The fraction of sp³-hybridized carbons (Fsp3) is 0.750. The molecule has 1 rings (SSSR count). The van der Waals surface area contributed by atoms with Crippen LogP contribution in [-0.2, 0) is 14.3 Å². The number of amides is 1. The zero-order chi connectivity index (χ0) is 8.81. The van der Waals surface area contributed by atoms with Crippen molar-refractivity contribution in [2.45, 2.75) is 19.3 Å². The lowest BCUT2D eigenvalue weighted by molar-refractivity contribution is -0.119. The minimum absolute atomic E-state index is 0.336. The van der Waals surface area contributed by atoms with Crippen LogP contribution < -0.4 is 0 Å². The van der Waals surface area contributed by atoms with Crippen LogP contribution in [0.3, 0.4) is 0 Å². The van der Waals surface area contributed by atoms with Crippen LogP contribution in [0.25, 0.3) is 0 Å². The van der Waals surface area contributed by atoms with Crippen molar-refractivity contribution >= 4 is 12.0 Å². The van der Waals surface area contributed by atoms with E-state index >= 15 is 0 Å². The molecule has 0 saturated carbocycles. The quantitative estimate of drug-likeness (QED) is 0.451. The minimum atomic E-state index is -0.364. The molecular weight excluding hydrogens is 158 g/mol. The smallest absolute Gasteiger partial charge is 0.256 e. The Kier molecular flexibility index (Phi) is 3.64. The second-order valence-corrected chi connectivity index (χ2v) is 2.86. The standard InChI is InChI=1S/C8H11NO3/c10-6-9-8(11)5-7-1-3-12-4-2-7/h7H,1-5H2. The van der Waals surface area contributed by atoms with Gasteiger partial charge in [-0.3, -0.25) is 4.79 Å². The van der Waals surface area contributed by atoms with Crippen LogP contribution in [-0.4, -0.2) is 25.2 Å². The maximum Gasteiger partial charge on any atom is 0.256 e. The summed E-state index contributed by atoms with van der Waals surface area (Å²) in [7, 11) is 0. The van der Waals surface area contributed by atoms with Crippen LogP contribution in [0.5, 0.6) is 0 Å². The van der Waals surface area contributed by atoms with Gasteiger partial charge in [0.05, 0.1) is 0 Å². The third-order valence-corrected chi connectivity index (χ3v) is 1.97. The number of carbonyl (C=O) groups is 1. The van der Waals surface area contributed by atoms with Gasteiger partial charge in [-0.2, -0.15) is 0 Å². The molecule has 0 aliphatic carbocycles. The molecule has 0 unspecified atom stereocenters. The summed E-state index contributed by atoms with van der Waals surface area (Å²) in [5.41, 5.74) is 0. The second-order valence-electron chi connectivity index (χ2n) is 2.86. The first-order chi connectivity index (χ1) is 5.83. The highest BCUT2D eigenvalue weighted by atomic mass is 16.5. The summed E-state index contributed by atoms with van der Waals surface area (Å²) in [5, 5.41) is 0. The Balaban J connectivity index is 2.29. The van der Waals surface area contributed by atoms with Gasteiger partial charge in [0.25, 0.3) is 5.91 Å². The molecule has 1 aliphatic rings. The van der Waals surface area contributed by atoms with E-state index in [4.69, 9.17) is 4.74 Å². The number of aliphatic imine (C=N–C) groups is 1. The number of carbonyl (C=O) groups excluding carboxylic acids is 2. The molecule has 0 aromatic heterocycles. The second kappa shape index (κ2) is 4.80. The lowest BCUT2D eigenvalue weighted by atomic mass is 9.96. The molecule has 1 heterocycles. The molecule has 1 saturated heterocycles. The van der Waals surface area contributed by atoms with Gasteiger partial charge in [0, 0.05) is 19.6 Å². The highest BCUT2D eigenvalue weighted by Crippen LogP contribution is 2.18. The molecule has 4 heteroatoms. The van der Waals surface area contributed by atoms with Crippen molar-refractivity contribution in [2.24, 2.45) is 10.9 Å². The van der Waals surface area contributed by atoms with Crippen LogP contribution in [0.4, 0.5) is 0 Å². The zero-order valence-corrected chi connectivity index (χ0v) is 6.78. The molecule has 4 nitrogen and oxygen atoms in total. The van der Waals surface area contributed by atoms with Gasteiger partial charge in [-0.15, -0.1) is 4.99 Å². The van der Waals surface area contributed by atoms with Crippen molar-refractivity contribution in [1.82, 2.24) is 0 Å². The molecule has 1 fully saturated rings. The molecule has 1 aliphatic heterocycles. The van der Waals surface area contributed by atoms with Crippen LogP contribution in [0, 0.1) is 5.92 Å². The third-order valence-electron chi connectivity index (χ3n) is 1.97. The molecular formula is C8H11NO3. The van der Waals surface area contributed by atoms with Gasteiger partial charge in [0.1, 0.15) is 0 Å². The summed E-state index contributed by atoms with van der Waals surface area (Å²) in [5.74, 6) is -0.0275. The van der Waals surface area contributed by atoms with E-state index in [0.717, 1.165) is 12.8 Å². The fourth-order valence-corrected chi connectivity index (χ4v) is 1.29. The Morgan fingerprint density at radius 3 is 2.75 bits per heavy atom. The molecule has 0 aromatic rings. The van der Waals surface area contributed by atoms with Crippen LogP contribution >= 0.6 is 0 Å². The van der Waals surface area contributed by atoms with Crippen molar-refractivity contribution in [3.8, 4) is 0 Å². The molecule has 1 amide bonds. The minimum Gasteiger partial charge on any atom is -0.381 e. The number of nitrogens with zero attached hydrogens (tertiary/aromatic N) is 1. The summed E-state index contributed by atoms with van der Waals surface area (Å²) < 4.78 is 5.12. The summed E-state index contributed by atoms with van der Waals surface area (Å²) in [4.78, 5) is 23.6. The topological polar surface area (TPSA) is 55.7 Å². The maximum atomic E-state index is 10.8. The monoisotopic (exact) mass is 169 g/mol. The Labute approximate surface area is 70.6 Å². The van der Waals surface area contributed by atoms with E-state index in [0.29, 0.717) is 25.6 Å². The average molecular weight is 169 g/mol. The lowest BCUT2D eigenvalue weighted by Crippen LogP contribution is -2.17. The Hall–Kier alpha value is -0.990. The molecule has 0 atom stereocenters. The molecule has 12 heavy (non-hydrogen) atoms. The van der Waals surface area contributed by atoms with E-state index in [1.165, 1.54) is 6.08 Å². The van der Waals surface area contributed by atoms with E-state index in [1.807, 2.05) is 0 Å². The zero-order valence-electron chi connectivity index (χ0n) is 6.78. The van der Waals surface area contributed by atoms with Crippen molar-refractivity contribution in [3.05, 3.63) is 0 Å². The number of rotatable bonds is 2.